The van der Waals surface area contributed by atoms with E-state index in [1.54, 1.807) is 0 Å². The summed E-state index contributed by atoms with van der Waals surface area (Å²) in [6, 6.07) is 10.1. The molecule has 0 spiro atoms. The van der Waals surface area contributed by atoms with Crippen molar-refractivity contribution in [2.24, 2.45) is 0 Å². The quantitative estimate of drug-likeness (QED) is 0.751. The van der Waals surface area contributed by atoms with Gasteiger partial charge in [-0.25, -0.2) is 4.79 Å². The summed E-state index contributed by atoms with van der Waals surface area (Å²) in [4.78, 5) is 17.8. The number of aromatic amines is 1. The Morgan fingerprint density at radius 1 is 1.21 bits per heavy atom. The zero-order valence-electron chi connectivity index (χ0n) is 9.96. The van der Waals surface area contributed by atoms with Gasteiger partial charge in [-0.3, -0.25) is 4.98 Å². The number of H-pyrrole nitrogens is 1. The molecule has 2 heterocycles. The fourth-order valence-corrected chi connectivity index (χ4v) is 2.31. The molecular formula is C12H11N5OS. The van der Waals surface area contributed by atoms with Gasteiger partial charge in [0.2, 0.25) is 0 Å². The molecule has 2 aromatic heterocycles. The van der Waals surface area contributed by atoms with Crippen LogP contribution in [0.4, 0.5) is 5.82 Å². The Morgan fingerprint density at radius 3 is 2.89 bits per heavy atom. The highest BCUT2D eigenvalue weighted by Crippen LogP contribution is 2.14. The van der Waals surface area contributed by atoms with Crippen LogP contribution in [0.2, 0.25) is 0 Å². The predicted molar refractivity (Wildman–Crippen MR) is 74.5 cm³/mol. The summed E-state index contributed by atoms with van der Waals surface area (Å²) in [6.45, 7) is 0.688. The van der Waals surface area contributed by atoms with E-state index in [2.05, 4.69) is 36.2 Å². The van der Waals surface area contributed by atoms with Crippen molar-refractivity contribution in [1.82, 2.24) is 18.7 Å². The second-order valence-electron chi connectivity index (χ2n) is 4.01. The lowest BCUT2D eigenvalue weighted by Gasteiger charge is -2.05. The first-order chi connectivity index (χ1) is 9.33. The van der Waals surface area contributed by atoms with Gasteiger partial charge in [0.1, 0.15) is 0 Å². The topological polar surface area (TPSA) is 83.6 Å². The average Bonchev–Trinajstić information content (AvgIpc) is 2.88. The van der Waals surface area contributed by atoms with Crippen LogP contribution >= 0.6 is 11.7 Å². The van der Waals surface area contributed by atoms with Crippen molar-refractivity contribution < 1.29 is 0 Å². The second-order valence-corrected chi connectivity index (χ2v) is 4.54. The van der Waals surface area contributed by atoms with Gasteiger partial charge in [-0.05, 0) is 12.0 Å². The van der Waals surface area contributed by atoms with Crippen molar-refractivity contribution in [3.8, 4) is 0 Å². The minimum atomic E-state index is -0.414. The molecule has 0 aliphatic rings. The summed E-state index contributed by atoms with van der Waals surface area (Å²) in [7, 11) is 0. The fourth-order valence-electron chi connectivity index (χ4n) is 1.80. The van der Waals surface area contributed by atoms with Crippen molar-refractivity contribution in [3.05, 3.63) is 46.4 Å². The Kier molecular flexibility index (Phi) is 3.20. The van der Waals surface area contributed by atoms with Gasteiger partial charge in [-0.1, -0.05) is 30.3 Å². The molecule has 0 unspecified atom stereocenters. The minimum Gasteiger partial charge on any atom is -0.368 e. The first-order valence-corrected chi connectivity index (χ1v) is 6.56. The first kappa shape index (κ1) is 11.8. The normalized spacial score (nSPS) is 10.7. The van der Waals surface area contributed by atoms with E-state index in [1.165, 1.54) is 5.56 Å². The van der Waals surface area contributed by atoms with E-state index in [-0.39, 0.29) is 0 Å². The first-order valence-electron chi connectivity index (χ1n) is 5.83. The molecule has 96 valence electrons. The highest BCUT2D eigenvalue weighted by molar-refractivity contribution is 7.00. The summed E-state index contributed by atoms with van der Waals surface area (Å²) in [6.07, 6.45) is 0.856. The van der Waals surface area contributed by atoms with Crippen LogP contribution in [0.5, 0.6) is 0 Å². The smallest absolute Gasteiger partial charge is 0.348 e. The van der Waals surface area contributed by atoms with Gasteiger partial charge in [0.15, 0.2) is 17.0 Å². The van der Waals surface area contributed by atoms with Crippen LogP contribution < -0.4 is 11.0 Å². The number of aromatic nitrogens is 4. The maximum Gasteiger partial charge on any atom is 0.348 e. The lowest BCUT2D eigenvalue weighted by atomic mass is 10.1. The molecule has 1 aromatic carbocycles. The number of hydrogen-bond acceptors (Lipinski definition) is 6. The molecule has 6 nitrogen and oxygen atoms in total. The van der Waals surface area contributed by atoms with Gasteiger partial charge < -0.3 is 5.32 Å². The van der Waals surface area contributed by atoms with Crippen LogP contribution in [0.3, 0.4) is 0 Å². The molecule has 0 aliphatic heterocycles. The Hall–Kier alpha value is -2.28. The van der Waals surface area contributed by atoms with E-state index in [4.69, 9.17) is 0 Å². The molecule has 0 radical (unpaired) electrons. The number of benzene rings is 1. The lowest BCUT2D eigenvalue weighted by Crippen LogP contribution is -2.15. The highest BCUT2D eigenvalue weighted by Gasteiger charge is 2.08. The summed E-state index contributed by atoms with van der Waals surface area (Å²) in [5.74, 6) is 0.489. The summed E-state index contributed by atoms with van der Waals surface area (Å²) in [5, 5.41) is 3.14. The number of rotatable bonds is 4. The van der Waals surface area contributed by atoms with Crippen molar-refractivity contribution >= 4 is 28.7 Å². The highest BCUT2D eigenvalue weighted by atomic mass is 32.1. The van der Waals surface area contributed by atoms with E-state index >= 15 is 0 Å². The Balaban J connectivity index is 1.75. The number of nitrogens with zero attached hydrogens (tertiary/aromatic N) is 3. The Labute approximate surface area is 112 Å². The summed E-state index contributed by atoms with van der Waals surface area (Å²) in [5.41, 5.74) is 1.90. The second kappa shape index (κ2) is 5.15. The lowest BCUT2D eigenvalue weighted by molar-refractivity contribution is 0.994. The monoisotopic (exact) mass is 273 g/mol. The van der Waals surface area contributed by atoms with Crippen molar-refractivity contribution in [3.63, 3.8) is 0 Å². The zero-order chi connectivity index (χ0) is 13.1. The molecular weight excluding hydrogens is 262 g/mol. The molecule has 0 amide bonds. The number of nitrogens with one attached hydrogen (secondary N) is 2. The maximum atomic E-state index is 11.4. The van der Waals surface area contributed by atoms with Crippen LogP contribution in [0.1, 0.15) is 5.56 Å². The molecule has 19 heavy (non-hydrogen) atoms. The van der Waals surface area contributed by atoms with Crippen LogP contribution in [0, 0.1) is 0 Å². The maximum absolute atomic E-state index is 11.4. The zero-order valence-corrected chi connectivity index (χ0v) is 10.8. The van der Waals surface area contributed by atoms with Gasteiger partial charge in [0.25, 0.3) is 0 Å². The van der Waals surface area contributed by atoms with Crippen LogP contribution in [-0.4, -0.2) is 25.3 Å². The van der Waals surface area contributed by atoms with E-state index in [1.807, 2.05) is 18.2 Å². The predicted octanol–water partition coefficient (Wildman–Crippen LogP) is 1.43. The van der Waals surface area contributed by atoms with E-state index < -0.39 is 5.69 Å². The molecule has 3 rings (SSSR count). The molecule has 2 N–H and O–H groups in total. The van der Waals surface area contributed by atoms with Crippen LogP contribution in [-0.2, 0) is 6.42 Å². The molecule has 0 aliphatic carbocycles. The Bertz CT molecular complexity index is 736. The van der Waals surface area contributed by atoms with Gasteiger partial charge in [0, 0.05) is 6.54 Å². The van der Waals surface area contributed by atoms with E-state index in [0.29, 0.717) is 23.5 Å². The molecule has 0 bridgehead atoms. The van der Waals surface area contributed by atoms with Gasteiger partial charge >= 0.3 is 5.69 Å². The molecule has 0 saturated heterocycles. The van der Waals surface area contributed by atoms with Crippen LogP contribution in [0.25, 0.3) is 11.2 Å². The molecule has 7 heteroatoms. The largest absolute Gasteiger partial charge is 0.368 e. The van der Waals surface area contributed by atoms with Crippen molar-refractivity contribution in [1.29, 1.82) is 0 Å². The SMILES string of the molecule is O=c1nc(NCCc2ccccc2)c2nsnc2[nH]1. The molecule has 0 atom stereocenters. The van der Waals surface area contributed by atoms with Gasteiger partial charge in [-0.15, -0.1) is 0 Å². The third kappa shape index (κ3) is 2.60. The van der Waals surface area contributed by atoms with Gasteiger partial charge in [0.05, 0.1) is 11.7 Å². The third-order valence-electron chi connectivity index (χ3n) is 2.70. The van der Waals surface area contributed by atoms with Crippen LogP contribution in [0.15, 0.2) is 35.1 Å². The minimum absolute atomic E-state index is 0.414. The molecule has 0 saturated carbocycles. The number of anilines is 1. The van der Waals surface area contributed by atoms with Gasteiger partial charge in [-0.2, -0.15) is 13.7 Å². The standard InChI is InChI=1S/C12H11N5OS/c18-12-14-10(9-11(15-12)17-19-16-9)13-7-6-8-4-2-1-3-5-8/h1-5H,6-7H2,(H2,13,14,15,17,18). The number of hydrogen-bond donors (Lipinski definition) is 2. The number of fused-ring (bicyclic) bond motifs is 1. The third-order valence-corrected chi connectivity index (χ3v) is 3.23. The summed E-state index contributed by atoms with van der Waals surface area (Å²) >= 11 is 1.06. The fraction of sp³-hybridized carbons (Fsp3) is 0.167. The molecule has 0 fully saturated rings. The average molecular weight is 273 g/mol. The van der Waals surface area contributed by atoms with E-state index in [9.17, 15) is 4.79 Å². The summed E-state index contributed by atoms with van der Waals surface area (Å²) < 4.78 is 8.12. The van der Waals surface area contributed by atoms with E-state index in [0.717, 1.165) is 18.1 Å². The van der Waals surface area contributed by atoms with Crippen molar-refractivity contribution in [2.45, 2.75) is 6.42 Å². The Morgan fingerprint density at radius 2 is 2.05 bits per heavy atom. The van der Waals surface area contributed by atoms with Crippen molar-refractivity contribution in [2.75, 3.05) is 11.9 Å². The molecule has 3 aromatic rings.